The fourth-order valence-corrected chi connectivity index (χ4v) is 9.36. The summed E-state index contributed by atoms with van der Waals surface area (Å²) in [5, 5.41) is 4.78. The van der Waals surface area contributed by atoms with Gasteiger partial charge in [0.15, 0.2) is 0 Å². The second kappa shape index (κ2) is 15.3. The smallest absolute Gasteiger partial charge is 0.136 e. The summed E-state index contributed by atoms with van der Waals surface area (Å²) in [7, 11) is 0. The van der Waals surface area contributed by atoms with E-state index in [2.05, 4.69) is 246 Å². The zero-order chi connectivity index (χ0) is 41.7. The van der Waals surface area contributed by atoms with Crippen LogP contribution in [-0.2, 0) is 0 Å². The lowest BCUT2D eigenvalue weighted by molar-refractivity contribution is 0.669. The molecule has 0 radical (unpaired) electrons. The van der Waals surface area contributed by atoms with Crippen molar-refractivity contribution in [1.29, 1.82) is 0 Å². The number of furan rings is 1. The summed E-state index contributed by atoms with van der Waals surface area (Å²) >= 11 is 0. The number of rotatable bonds is 8. The Kier molecular flexibility index (Phi) is 8.83. The SMILES string of the molecule is c1ccc(-c2ccc(-c3ccc(N(c4ccc(-c5cc(-c6ccccc6)c6c(c5)oc5ccccc56)cc4)c4ccc(-n5c6ccccc6c6ccccc65)cc4)cc3)cc2)cc1. The average molecular weight is 805 g/mol. The van der Waals surface area contributed by atoms with E-state index >= 15 is 0 Å². The Hall–Kier alpha value is -8.40. The Morgan fingerprint density at radius 1 is 0.302 bits per heavy atom. The van der Waals surface area contributed by atoms with Crippen molar-refractivity contribution in [3.8, 4) is 50.2 Å². The molecule has 0 aliphatic rings. The molecule has 63 heavy (non-hydrogen) atoms. The van der Waals surface area contributed by atoms with Gasteiger partial charge in [-0.05, 0) is 123 Å². The van der Waals surface area contributed by atoms with Crippen LogP contribution >= 0.6 is 0 Å². The number of hydrogen-bond donors (Lipinski definition) is 0. The summed E-state index contributed by atoms with van der Waals surface area (Å²) in [5.74, 6) is 0. The lowest BCUT2D eigenvalue weighted by Crippen LogP contribution is -2.10. The van der Waals surface area contributed by atoms with Crippen LogP contribution in [0.5, 0.6) is 0 Å². The van der Waals surface area contributed by atoms with E-state index < -0.39 is 0 Å². The van der Waals surface area contributed by atoms with Crippen LogP contribution in [0.3, 0.4) is 0 Å². The number of fused-ring (bicyclic) bond motifs is 6. The second-order valence-electron chi connectivity index (χ2n) is 16.1. The van der Waals surface area contributed by atoms with Crippen LogP contribution < -0.4 is 4.90 Å². The minimum absolute atomic E-state index is 0.886. The van der Waals surface area contributed by atoms with Crippen LogP contribution in [0.2, 0.25) is 0 Å². The van der Waals surface area contributed by atoms with E-state index in [1.165, 1.54) is 49.6 Å². The van der Waals surface area contributed by atoms with Crippen molar-refractivity contribution >= 4 is 60.8 Å². The van der Waals surface area contributed by atoms with E-state index in [0.717, 1.165) is 61.4 Å². The summed E-state index contributed by atoms with van der Waals surface area (Å²) in [6, 6.07) is 87.0. The first-order valence-electron chi connectivity index (χ1n) is 21.5. The van der Waals surface area contributed by atoms with Crippen molar-refractivity contribution in [3.63, 3.8) is 0 Å². The molecule has 0 saturated carbocycles. The molecular weight excluding hydrogens is 765 g/mol. The summed E-state index contributed by atoms with van der Waals surface area (Å²) in [6.45, 7) is 0. The van der Waals surface area contributed by atoms with E-state index in [1.54, 1.807) is 0 Å². The van der Waals surface area contributed by atoms with Gasteiger partial charge in [-0.2, -0.15) is 0 Å². The van der Waals surface area contributed by atoms with Crippen LogP contribution in [0.1, 0.15) is 0 Å². The number of aromatic nitrogens is 1. The summed E-state index contributed by atoms with van der Waals surface area (Å²) in [4.78, 5) is 2.35. The summed E-state index contributed by atoms with van der Waals surface area (Å²) in [5.41, 5.74) is 17.9. The highest BCUT2D eigenvalue weighted by Gasteiger charge is 2.18. The highest BCUT2D eigenvalue weighted by molar-refractivity contribution is 6.14. The zero-order valence-corrected chi connectivity index (χ0v) is 34.4. The molecule has 0 amide bonds. The lowest BCUT2D eigenvalue weighted by Gasteiger charge is -2.26. The molecule has 0 unspecified atom stereocenters. The second-order valence-corrected chi connectivity index (χ2v) is 16.1. The van der Waals surface area contributed by atoms with Crippen molar-refractivity contribution in [2.24, 2.45) is 0 Å². The third kappa shape index (κ3) is 6.46. The highest BCUT2D eigenvalue weighted by Crippen LogP contribution is 2.42. The number of hydrogen-bond acceptors (Lipinski definition) is 2. The van der Waals surface area contributed by atoms with Crippen molar-refractivity contribution in [3.05, 3.63) is 243 Å². The van der Waals surface area contributed by atoms with Gasteiger partial charge < -0.3 is 13.9 Å². The molecule has 0 fully saturated rings. The van der Waals surface area contributed by atoms with Crippen LogP contribution in [0, 0.1) is 0 Å². The van der Waals surface area contributed by atoms with Crippen molar-refractivity contribution in [2.75, 3.05) is 4.90 Å². The van der Waals surface area contributed by atoms with Crippen LogP contribution in [0.15, 0.2) is 247 Å². The van der Waals surface area contributed by atoms with Crippen molar-refractivity contribution in [2.45, 2.75) is 0 Å². The van der Waals surface area contributed by atoms with Gasteiger partial charge in [-0.25, -0.2) is 0 Å². The molecule has 0 aliphatic heterocycles. The highest BCUT2D eigenvalue weighted by atomic mass is 16.3. The molecule has 0 saturated heterocycles. The first-order chi connectivity index (χ1) is 31.2. The minimum atomic E-state index is 0.886. The molecular formula is C60H40N2O. The number of anilines is 3. The Bertz CT molecular complexity index is 3510. The van der Waals surface area contributed by atoms with E-state index in [4.69, 9.17) is 4.42 Å². The Morgan fingerprint density at radius 2 is 0.714 bits per heavy atom. The molecule has 296 valence electrons. The third-order valence-corrected chi connectivity index (χ3v) is 12.4. The van der Waals surface area contributed by atoms with E-state index in [1.807, 2.05) is 6.07 Å². The summed E-state index contributed by atoms with van der Waals surface area (Å²) in [6.07, 6.45) is 0. The van der Waals surface area contributed by atoms with Crippen LogP contribution in [0.25, 0.3) is 93.9 Å². The van der Waals surface area contributed by atoms with Gasteiger partial charge in [0.25, 0.3) is 0 Å². The van der Waals surface area contributed by atoms with Crippen LogP contribution in [0.4, 0.5) is 17.1 Å². The first kappa shape index (κ1) is 36.5. The standard InChI is InChI=1S/C60H40N2O/c1-3-13-41(14-4-1)42-23-25-43(26-24-42)44-27-31-48(32-28-44)61(50-35-37-51(38-36-50)62-56-20-10-7-17-52(56)53-18-8-11-21-57(53)62)49-33-29-45(30-34-49)47-39-55(46-15-5-2-6-16-46)60-54-19-9-12-22-58(54)63-59(60)40-47/h1-40H. The fourth-order valence-electron chi connectivity index (χ4n) is 9.36. The van der Waals surface area contributed by atoms with Gasteiger partial charge in [-0.1, -0.05) is 164 Å². The molecule has 12 aromatic rings. The molecule has 3 heteroatoms. The molecule has 0 spiro atoms. The Labute approximate surface area is 366 Å². The quantitative estimate of drug-likeness (QED) is 0.153. The molecule has 2 heterocycles. The van der Waals surface area contributed by atoms with Crippen molar-refractivity contribution < 1.29 is 4.42 Å². The maximum absolute atomic E-state index is 6.50. The van der Waals surface area contributed by atoms with Crippen LogP contribution in [-0.4, -0.2) is 4.57 Å². The van der Waals surface area contributed by atoms with Gasteiger partial charge in [0.1, 0.15) is 11.2 Å². The molecule has 12 rings (SSSR count). The normalized spacial score (nSPS) is 11.5. The Morgan fingerprint density at radius 3 is 1.27 bits per heavy atom. The molecule has 10 aromatic carbocycles. The van der Waals surface area contributed by atoms with Gasteiger partial charge in [-0.3, -0.25) is 0 Å². The number of benzene rings is 10. The van der Waals surface area contributed by atoms with Gasteiger partial charge in [0, 0.05) is 44.3 Å². The van der Waals surface area contributed by atoms with Gasteiger partial charge >= 0.3 is 0 Å². The molecule has 0 atom stereocenters. The van der Waals surface area contributed by atoms with Gasteiger partial charge in [0.05, 0.1) is 11.0 Å². The maximum Gasteiger partial charge on any atom is 0.136 e. The predicted octanol–water partition coefficient (Wildman–Crippen LogP) is 16.8. The van der Waals surface area contributed by atoms with E-state index in [-0.39, 0.29) is 0 Å². The largest absolute Gasteiger partial charge is 0.456 e. The Balaban J connectivity index is 0.942. The topological polar surface area (TPSA) is 21.3 Å². The molecule has 2 aromatic heterocycles. The molecule has 0 N–H and O–H groups in total. The predicted molar refractivity (Wildman–Crippen MR) is 264 cm³/mol. The average Bonchev–Trinajstić information content (AvgIpc) is 3.91. The molecule has 0 bridgehead atoms. The third-order valence-electron chi connectivity index (χ3n) is 12.4. The number of para-hydroxylation sites is 3. The zero-order valence-electron chi connectivity index (χ0n) is 34.4. The van der Waals surface area contributed by atoms with E-state index in [0.29, 0.717) is 0 Å². The summed E-state index contributed by atoms with van der Waals surface area (Å²) < 4.78 is 8.86. The van der Waals surface area contributed by atoms with Gasteiger partial charge in [0.2, 0.25) is 0 Å². The van der Waals surface area contributed by atoms with E-state index in [9.17, 15) is 0 Å². The molecule has 3 nitrogen and oxygen atoms in total. The van der Waals surface area contributed by atoms with Crippen molar-refractivity contribution in [1.82, 2.24) is 4.57 Å². The fraction of sp³-hybridized carbons (Fsp3) is 0. The minimum Gasteiger partial charge on any atom is -0.456 e. The monoisotopic (exact) mass is 804 g/mol. The maximum atomic E-state index is 6.50. The number of nitrogens with zero attached hydrogens (tertiary/aromatic N) is 2. The lowest BCUT2D eigenvalue weighted by atomic mass is 9.94. The first-order valence-corrected chi connectivity index (χ1v) is 21.5. The molecule has 0 aliphatic carbocycles. The van der Waals surface area contributed by atoms with Gasteiger partial charge in [-0.15, -0.1) is 0 Å².